The van der Waals surface area contributed by atoms with E-state index in [2.05, 4.69) is 41.4 Å². The molecule has 0 saturated heterocycles. The predicted octanol–water partition coefficient (Wildman–Crippen LogP) is 2.57. The molecule has 0 bridgehead atoms. The zero-order valence-electron chi connectivity index (χ0n) is 7.70. The van der Waals surface area contributed by atoms with Crippen LogP contribution in [-0.2, 0) is 6.42 Å². The summed E-state index contributed by atoms with van der Waals surface area (Å²) in [6, 6.07) is 8.31. The van der Waals surface area contributed by atoms with Crippen LogP contribution in [0.1, 0.15) is 17.0 Å². The molecule has 0 aliphatic rings. The summed E-state index contributed by atoms with van der Waals surface area (Å²) in [5.74, 6) is 0.665. The number of nitrogens with zero attached hydrogens (tertiary/aromatic N) is 2. The summed E-state index contributed by atoms with van der Waals surface area (Å²) >= 11 is 2.01. The number of aromatic nitrogens is 2. The Balaban J connectivity index is 2.15. The van der Waals surface area contributed by atoms with Crippen molar-refractivity contribution < 1.29 is 4.42 Å². The molecule has 3 nitrogen and oxygen atoms in total. The lowest BCUT2D eigenvalue weighted by Gasteiger charge is -1.96. The Morgan fingerprint density at radius 1 is 1.21 bits per heavy atom. The fraction of sp³-hybridized carbons (Fsp3) is 0.200. The molecular formula is C10H9IN2O. The molecule has 14 heavy (non-hydrogen) atoms. The number of benzene rings is 1. The normalized spacial score (nSPS) is 10.4. The first-order valence-electron chi connectivity index (χ1n) is 4.27. The van der Waals surface area contributed by atoms with Gasteiger partial charge in [0.2, 0.25) is 5.89 Å². The van der Waals surface area contributed by atoms with Gasteiger partial charge >= 0.3 is 0 Å². The smallest absolute Gasteiger partial charge is 0.278 e. The fourth-order valence-corrected chi connectivity index (χ4v) is 1.55. The van der Waals surface area contributed by atoms with Crippen molar-refractivity contribution in [2.24, 2.45) is 0 Å². The highest BCUT2D eigenvalue weighted by Crippen LogP contribution is 2.10. The standard InChI is InChI=1S/C10H9IN2O/c1-7-2-4-8(5-3-7)6-9-12-13-10(11)14-9/h2-5H,6H2,1H3. The van der Waals surface area contributed by atoms with Crippen LogP contribution >= 0.6 is 22.6 Å². The van der Waals surface area contributed by atoms with Crippen LogP contribution in [0.25, 0.3) is 0 Å². The van der Waals surface area contributed by atoms with Crippen LogP contribution in [0.2, 0.25) is 0 Å². The largest absolute Gasteiger partial charge is 0.416 e. The molecule has 2 aromatic rings. The van der Waals surface area contributed by atoms with Gasteiger partial charge < -0.3 is 4.42 Å². The lowest BCUT2D eigenvalue weighted by atomic mass is 10.1. The van der Waals surface area contributed by atoms with Gasteiger partial charge in [0.05, 0.1) is 6.42 Å². The summed E-state index contributed by atoms with van der Waals surface area (Å²) in [6.45, 7) is 2.07. The Kier molecular flexibility index (Phi) is 2.81. The van der Waals surface area contributed by atoms with Gasteiger partial charge in [-0.2, -0.15) is 0 Å². The van der Waals surface area contributed by atoms with Crippen molar-refractivity contribution in [3.8, 4) is 0 Å². The summed E-state index contributed by atoms with van der Waals surface area (Å²) in [4.78, 5) is 0. The molecule has 0 radical (unpaired) electrons. The monoisotopic (exact) mass is 300 g/mol. The lowest BCUT2D eigenvalue weighted by molar-refractivity contribution is 0.479. The molecule has 72 valence electrons. The molecule has 0 aliphatic carbocycles. The Labute approximate surface area is 95.7 Å². The quantitative estimate of drug-likeness (QED) is 0.800. The average Bonchev–Trinajstić information content (AvgIpc) is 2.56. The van der Waals surface area contributed by atoms with E-state index in [4.69, 9.17) is 4.42 Å². The van der Waals surface area contributed by atoms with Crippen LogP contribution in [0.5, 0.6) is 0 Å². The number of rotatable bonds is 2. The number of hydrogen-bond donors (Lipinski definition) is 0. The van der Waals surface area contributed by atoms with Gasteiger partial charge in [-0.25, -0.2) is 0 Å². The molecule has 0 saturated carbocycles. The summed E-state index contributed by atoms with van der Waals surface area (Å²) in [7, 11) is 0. The summed E-state index contributed by atoms with van der Waals surface area (Å²) in [5, 5.41) is 7.71. The van der Waals surface area contributed by atoms with Crippen molar-refractivity contribution in [1.82, 2.24) is 10.2 Å². The number of halogens is 1. The predicted molar refractivity (Wildman–Crippen MR) is 61.0 cm³/mol. The molecule has 2 rings (SSSR count). The molecule has 4 heteroatoms. The van der Waals surface area contributed by atoms with Gasteiger partial charge in [0.25, 0.3) is 3.90 Å². The Morgan fingerprint density at radius 2 is 1.93 bits per heavy atom. The van der Waals surface area contributed by atoms with E-state index in [-0.39, 0.29) is 0 Å². The molecule has 1 heterocycles. The zero-order chi connectivity index (χ0) is 9.97. The summed E-state index contributed by atoms with van der Waals surface area (Å²) in [5.41, 5.74) is 2.45. The van der Waals surface area contributed by atoms with Gasteiger partial charge in [-0.3, -0.25) is 0 Å². The summed E-state index contributed by atoms with van der Waals surface area (Å²) < 4.78 is 5.87. The van der Waals surface area contributed by atoms with Crippen molar-refractivity contribution in [3.63, 3.8) is 0 Å². The minimum atomic E-state index is 0.588. The molecule has 0 aliphatic heterocycles. The van der Waals surface area contributed by atoms with Crippen LogP contribution in [-0.4, -0.2) is 10.2 Å². The van der Waals surface area contributed by atoms with E-state index in [1.54, 1.807) is 0 Å². The van der Waals surface area contributed by atoms with Crippen molar-refractivity contribution in [3.05, 3.63) is 45.2 Å². The molecule has 0 amide bonds. The molecule has 0 unspecified atom stereocenters. The van der Waals surface area contributed by atoms with Gasteiger partial charge in [0.15, 0.2) is 0 Å². The first-order chi connectivity index (χ1) is 6.74. The maximum absolute atomic E-state index is 5.28. The van der Waals surface area contributed by atoms with Gasteiger partial charge in [0, 0.05) is 22.6 Å². The van der Waals surface area contributed by atoms with Crippen molar-refractivity contribution in [1.29, 1.82) is 0 Å². The second kappa shape index (κ2) is 4.08. The third-order valence-corrected chi connectivity index (χ3v) is 2.35. The molecule has 1 aromatic carbocycles. The van der Waals surface area contributed by atoms with Crippen LogP contribution in [0.3, 0.4) is 0 Å². The Hall–Kier alpha value is -0.910. The maximum atomic E-state index is 5.28. The molecule has 0 atom stereocenters. The van der Waals surface area contributed by atoms with Gasteiger partial charge in [-0.1, -0.05) is 29.8 Å². The van der Waals surface area contributed by atoms with Gasteiger partial charge in [-0.15, -0.1) is 10.2 Å². The lowest BCUT2D eigenvalue weighted by Crippen LogP contribution is -1.88. The third kappa shape index (κ3) is 2.31. The van der Waals surface area contributed by atoms with E-state index in [0.717, 1.165) is 0 Å². The molecule has 1 aromatic heterocycles. The third-order valence-electron chi connectivity index (χ3n) is 1.92. The van der Waals surface area contributed by atoms with Crippen molar-refractivity contribution in [2.75, 3.05) is 0 Å². The second-order valence-electron chi connectivity index (χ2n) is 3.11. The van der Waals surface area contributed by atoms with E-state index in [1.807, 2.05) is 22.6 Å². The highest BCUT2D eigenvalue weighted by molar-refractivity contribution is 14.1. The fourth-order valence-electron chi connectivity index (χ4n) is 1.19. The maximum Gasteiger partial charge on any atom is 0.278 e. The number of aryl methyl sites for hydroxylation is 1. The second-order valence-corrected chi connectivity index (χ2v) is 4.03. The van der Waals surface area contributed by atoms with Crippen molar-refractivity contribution >= 4 is 22.6 Å². The molecular weight excluding hydrogens is 291 g/mol. The molecule has 0 N–H and O–H groups in total. The van der Waals surface area contributed by atoms with E-state index in [9.17, 15) is 0 Å². The Bertz CT molecular complexity index is 422. The van der Waals surface area contributed by atoms with E-state index >= 15 is 0 Å². The average molecular weight is 300 g/mol. The van der Waals surface area contributed by atoms with E-state index in [0.29, 0.717) is 16.2 Å². The van der Waals surface area contributed by atoms with Gasteiger partial charge in [-0.05, 0) is 12.5 Å². The zero-order valence-corrected chi connectivity index (χ0v) is 9.85. The van der Waals surface area contributed by atoms with Crippen LogP contribution in [0.4, 0.5) is 0 Å². The summed E-state index contributed by atoms with van der Waals surface area (Å²) in [6.07, 6.45) is 0.705. The minimum absolute atomic E-state index is 0.588. The van der Waals surface area contributed by atoms with Crippen LogP contribution in [0, 0.1) is 10.8 Å². The van der Waals surface area contributed by atoms with E-state index < -0.39 is 0 Å². The highest BCUT2D eigenvalue weighted by atomic mass is 127. The molecule has 0 spiro atoms. The molecule has 0 fully saturated rings. The van der Waals surface area contributed by atoms with Crippen LogP contribution < -0.4 is 0 Å². The van der Waals surface area contributed by atoms with Crippen molar-refractivity contribution in [2.45, 2.75) is 13.3 Å². The van der Waals surface area contributed by atoms with Gasteiger partial charge in [0.1, 0.15) is 0 Å². The SMILES string of the molecule is Cc1ccc(Cc2nnc(I)o2)cc1. The number of hydrogen-bond acceptors (Lipinski definition) is 3. The van der Waals surface area contributed by atoms with Crippen LogP contribution in [0.15, 0.2) is 28.7 Å². The van der Waals surface area contributed by atoms with E-state index in [1.165, 1.54) is 11.1 Å². The first-order valence-corrected chi connectivity index (χ1v) is 5.35. The highest BCUT2D eigenvalue weighted by Gasteiger charge is 2.03. The topological polar surface area (TPSA) is 38.9 Å². The first kappa shape index (κ1) is 9.64. The Morgan fingerprint density at radius 3 is 2.50 bits per heavy atom. The minimum Gasteiger partial charge on any atom is -0.416 e.